The molecule has 1 N–H and O–H groups in total. The summed E-state index contributed by atoms with van der Waals surface area (Å²) in [5.74, 6) is 0.925. The van der Waals surface area contributed by atoms with Crippen LogP contribution in [0.3, 0.4) is 0 Å². The van der Waals surface area contributed by atoms with Crippen LogP contribution in [0.4, 0.5) is 0 Å². The summed E-state index contributed by atoms with van der Waals surface area (Å²) in [6.07, 6.45) is 1.91. The molecule has 0 aliphatic heterocycles. The van der Waals surface area contributed by atoms with E-state index >= 15 is 0 Å². The van der Waals surface area contributed by atoms with Gasteiger partial charge in [-0.3, -0.25) is 0 Å². The first-order chi connectivity index (χ1) is 10.6. The van der Waals surface area contributed by atoms with E-state index in [9.17, 15) is 0 Å². The first-order valence-electron chi connectivity index (χ1n) is 7.54. The van der Waals surface area contributed by atoms with Gasteiger partial charge in [-0.15, -0.1) is 11.3 Å². The highest BCUT2D eigenvalue weighted by molar-refractivity contribution is 7.11. The number of guanidine groups is 1. The molecule has 0 aliphatic rings. The first kappa shape index (κ1) is 16.5. The molecule has 0 amide bonds. The fourth-order valence-electron chi connectivity index (χ4n) is 2.14. The zero-order valence-electron chi connectivity index (χ0n) is 13.8. The highest BCUT2D eigenvalue weighted by Gasteiger charge is 2.07. The lowest BCUT2D eigenvalue weighted by atomic mass is 10.1. The smallest absolute Gasteiger partial charge is 0.194 e. The molecular formula is C17H24N4S. The van der Waals surface area contributed by atoms with Gasteiger partial charge in [0.15, 0.2) is 5.96 Å². The fraction of sp³-hybridized carbons (Fsp3) is 0.412. The van der Waals surface area contributed by atoms with Crippen LogP contribution in [0.15, 0.2) is 35.5 Å². The lowest BCUT2D eigenvalue weighted by Crippen LogP contribution is -2.38. The van der Waals surface area contributed by atoms with Gasteiger partial charge in [-0.05, 0) is 26.3 Å². The van der Waals surface area contributed by atoms with E-state index in [0.29, 0.717) is 6.54 Å². The topological polar surface area (TPSA) is 40.5 Å². The van der Waals surface area contributed by atoms with Crippen LogP contribution in [-0.4, -0.2) is 29.4 Å². The summed E-state index contributed by atoms with van der Waals surface area (Å²) < 4.78 is 0. The Balaban J connectivity index is 2.03. The molecule has 0 spiro atoms. The zero-order valence-corrected chi connectivity index (χ0v) is 14.6. The average molecular weight is 316 g/mol. The number of nitrogens with one attached hydrogen (secondary N) is 1. The van der Waals surface area contributed by atoms with E-state index in [1.54, 1.807) is 11.3 Å². The predicted molar refractivity (Wildman–Crippen MR) is 94.3 cm³/mol. The molecule has 2 rings (SSSR count). The van der Waals surface area contributed by atoms with Crippen molar-refractivity contribution in [2.45, 2.75) is 33.9 Å². The molecule has 0 radical (unpaired) electrons. The van der Waals surface area contributed by atoms with Crippen molar-refractivity contribution in [1.29, 1.82) is 0 Å². The third kappa shape index (κ3) is 4.84. The number of benzene rings is 1. The molecule has 1 heterocycles. The molecule has 5 heteroatoms. The number of aromatic nitrogens is 1. The number of aryl methyl sites for hydroxylation is 2. The van der Waals surface area contributed by atoms with Crippen molar-refractivity contribution < 1.29 is 0 Å². The second-order valence-corrected chi connectivity index (χ2v) is 6.68. The van der Waals surface area contributed by atoms with Crippen LogP contribution < -0.4 is 5.32 Å². The van der Waals surface area contributed by atoms with Crippen molar-refractivity contribution in [3.63, 3.8) is 0 Å². The normalized spacial score (nSPS) is 11.5. The summed E-state index contributed by atoms with van der Waals surface area (Å²) in [6, 6.07) is 8.63. The molecular weight excluding hydrogens is 292 g/mol. The van der Waals surface area contributed by atoms with Crippen molar-refractivity contribution in [1.82, 2.24) is 15.2 Å². The third-order valence-corrected chi connectivity index (χ3v) is 4.19. The number of thiazole rings is 1. The van der Waals surface area contributed by atoms with Crippen LogP contribution >= 0.6 is 11.3 Å². The van der Waals surface area contributed by atoms with E-state index in [1.807, 2.05) is 13.1 Å². The predicted octanol–water partition coefficient (Wildman–Crippen LogP) is 3.36. The molecule has 0 saturated carbocycles. The zero-order chi connectivity index (χ0) is 15.9. The summed E-state index contributed by atoms with van der Waals surface area (Å²) in [5, 5.41) is 4.44. The summed E-state index contributed by atoms with van der Waals surface area (Å²) in [7, 11) is 2.07. The van der Waals surface area contributed by atoms with Gasteiger partial charge in [-0.1, -0.05) is 29.8 Å². The Morgan fingerprint density at radius 1 is 1.27 bits per heavy atom. The van der Waals surface area contributed by atoms with Gasteiger partial charge in [-0.25, -0.2) is 9.98 Å². The first-order valence-corrected chi connectivity index (χ1v) is 8.36. The van der Waals surface area contributed by atoms with Crippen LogP contribution in [0, 0.1) is 13.8 Å². The highest BCUT2D eigenvalue weighted by atomic mass is 32.1. The number of nitrogens with zero attached hydrogens (tertiary/aromatic N) is 3. The van der Waals surface area contributed by atoms with Crippen molar-refractivity contribution >= 4 is 17.3 Å². The molecule has 0 bridgehead atoms. The monoisotopic (exact) mass is 316 g/mol. The standard InChI is InChI=1S/C17H24N4S/c1-5-18-17(20-11-16-10-19-14(3)22-16)21(4)12-15-8-6-13(2)7-9-15/h6-10H,5,11-12H2,1-4H3,(H,18,20). The Morgan fingerprint density at radius 3 is 2.59 bits per heavy atom. The van der Waals surface area contributed by atoms with Crippen LogP contribution in [0.2, 0.25) is 0 Å². The number of aliphatic imine (C=N–C) groups is 1. The van der Waals surface area contributed by atoms with E-state index in [-0.39, 0.29) is 0 Å². The van der Waals surface area contributed by atoms with E-state index in [0.717, 1.165) is 24.1 Å². The lowest BCUT2D eigenvalue weighted by Gasteiger charge is -2.22. The maximum absolute atomic E-state index is 4.71. The van der Waals surface area contributed by atoms with Crippen molar-refractivity contribution in [2.24, 2.45) is 4.99 Å². The minimum absolute atomic E-state index is 0.673. The third-order valence-electron chi connectivity index (χ3n) is 3.29. The molecule has 0 aliphatic carbocycles. The van der Waals surface area contributed by atoms with Crippen LogP contribution in [0.1, 0.15) is 27.9 Å². The molecule has 22 heavy (non-hydrogen) atoms. The maximum Gasteiger partial charge on any atom is 0.194 e. The van der Waals surface area contributed by atoms with Gasteiger partial charge in [0.1, 0.15) is 0 Å². The number of rotatable bonds is 5. The van der Waals surface area contributed by atoms with Crippen molar-refractivity contribution in [3.05, 3.63) is 51.5 Å². The van der Waals surface area contributed by atoms with Crippen LogP contribution in [-0.2, 0) is 13.1 Å². The van der Waals surface area contributed by atoms with Crippen LogP contribution in [0.25, 0.3) is 0 Å². The van der Waals surface area contributed by atoms with Gasteiger partial charge in [0, 0.05) is 31.2 Å². The lowest BCUT2D eigenvalue weighted by molar-refractivity contribution is 0.477. The Bertz CT molecular complexity index is 616. The second-order valence-electron chi connectivity index (χ2n) is 5.36. The summed E-state index contributed by atoms with van der Waals surface area (Å²) in [4.78, 5) is 12.3. The van der Waals surface area contributed by atoms with E-state index < -0.39 is 0 Å². The molecule has 0 saturated heterocycles. The van der Waals surface area contributed by atoms with E-state index in [4.69, 9.17) is 4.99 Å². The molecule has 1 aromatic heterocycles. The molecule has 0 unspecified atom stereocenters. The Hall–Kier alpha value is -1.88. The second kappa shape index (κ2) is 7.94. The molecule has 4 nitrogen and oxygen atoms in total. The number of hydrogen-bond acceptors (Lipinski definition) is 3. The summed E-state index contributed by atoms with van der Waals surface area (Å²) in [5.41, 5.74) is 2.57. The van der Waals surface area contributed by atoms with E-state index in [1.165, 1.54) is 16.0 Å². The molecule has 118 valence electrons. The Kier molecular flexibility index (Phi) is 5.95. The van der Waals surface area contributed by atoms with Gasteiger partial charge in [0.2, 0.25) is 0 Å². The quantitative estimate of drug-likeness (QED) is 0.679. The maximum atomic E-state index is 4.71. The summed E-state index contributed by atoms with van der Waals surface area (Å²) >= 11 is 1.70. The molecule has 1 aromatic carbocycles. The number of hydrogen-bond donors (Lipinski definition) is 1. The Labute approximate surface area is 136 Å². The van der Waals surface area contributed by atoms with Gasteiger partial charge >= 0.3 is 0 Å². The van der Waals surface area contributed by atoms with Crippen molar-refractivity contribution in [3.8, 4) is 0 Å². The van der Waals surface area contributed by atoms with Gasteiger partial charge in [0.25, 0.3) is 0 Å². The molecule has 0 atom stereocenters. The minimum Gasteiger partial charge on any atom is -0.357 e. The SMILES string of the molecule is CCNC(=NCc1cnc(C)s1)N(C)Cc1ccc(C)cc1. The van der Waals surface area contributed by atoms with E-state index in [2.05, 4.69) is 60.4 Å². The Morgan fingerprint density at radius 2 is 2.00 bits per heavy atom. The highest BCUT2D eigenvalue weighted by Crippen LogP contribution is 2.13. The molecule has 2 aromatic rings. The average Bonchev–Trinajstić information content (AvgIpc) is 2.91. The van der Waals surface area contributed by atoms with Gasteiger partial charge < -0.3 is 10.2 Å². The van der Waals surface area contributed by atoms with Gasteiger partial charge in [-0.2, -0.15) is 0 Å². The van der Waals surface area contributed by atoms with Crippen LogP contribution in [0.5, 0.6) is 0 Å². The summed E-state index contributed by atoms with van der Waals surface area (Å²) in [6.45, 7) is 8.59. The minimum atomic E-state index is 0.673. The fourth-order valence-corrected chi connectivity index (χ4v) is 2.86. The van der Waals surface area contributed by atoms with Gasteiger partial charge in [0.05, 0.1) is 11.6 Å². The molecule has 0 fully saturated rings. The largest absolute Gasteiger partial charge is 0.357 e. The van der Waals surface area contributed by atoms with Crippen molar-refractivity contribution in [2.75, 3.05) is 13.6 Å².